The number of fused-ring (bicyclic) bond motifs is 1. The predicted octanol–water partition coefficient (Wildman–Crippen LogP) is 3.48. The lowest BCUT2D eigenvalue weighted by atomic mass is 10.1. The Hall–Kier alpha value is -2.62. The minimum Gasteiger partial charge on any atom is -0.348 e. The van der Waals surface area contributed by atoms with Crippen LogP contribution in [0.3, 0.4) is 0 Å². The third-order valence-corrected chi connectivity index (χ3v) is 4.11. The number of nitrogens with one attached hydrogen (secondary N) is 1. The lowest BCUT2D eigenvalue weighted by molar-refractivity contribution is -0.122. The number of carbonyl (C=O) groups is 1. The Morgan fingerprint density at radius 3 is 2.65 bits per heavy atom. The molecule has 0 fully saturated rings. The summed E-state index contributed by atoms with van der Waals surface area (Å²) in [6, 6.07) is 16.2. The number of aryl methyl sites for hydroxylation is 1. The minimum atomic E-state index is -0.0137. The van der Waals surface area contributed by atoms with Crippen molar-refractivity contribution in [2.75, 3.05) is 0 Å². The second-order valence-corrected chi connectivity index (χ2v) is 5.75. The summed E-state index contributed by atoms with van der Waals surface area (Å²) < 4.78 is 1.87. The fourth-order valence-electron chi connectivity index (χ4n) is 2.70. The van der Waals surface area contributed by atoms with Gasteiger partial charge in [0.15, 0.2) is 0 Å². The number of benzene rings is 2. The second kappa shape index (κ2) is 6.65. The van der Waals surface area contributed by atoms with Gasteiger partial charge < -0.3 is 9.88 Å². The van der Waals surface area contributed by atoms with E-state index in [1.807, 2.05) is 35.8 Å². The summed E-state index contributed by atoms with van der Waals surface area (Å²) in [7, 11) is 0. The van der Waals surface area contributed by atoms with Gasteiger partial charge in [0.1, 0.15) is 6.54 Å². The average Bonchev–Trinajstić information content (AvgIpc) is 2.98. The number of hydrogen-bond acceptors (Lipinski definition) is 2. The summed E-state index contributed by atoms with van der Waals surface area (Å²) in [6.07, 6.45) is 2.74. The van der Waals surface area contributed by atoms with Crippen molar-refractivity contribution in [1.82, 2.24) is 14.9 Å². The summed E-state index contributed by atoms with van der Waals surface area (Å²) in [6.45, 7) is 4.42. The Balaban J connectivity index is 1.66. The van der Waals surface area contributed by atoms with Crippen molar-refractivity contribution in [2.24, 2.45) is 0 Å². The van der Waals surface area contributed by atoms with Crippen LogP contribution < -0.4 is 5.32 Å². The number of nitrogens with zero attached hydrogens (tertiary/aromatic N) is 2. The summed E-state index contributed by atoms with van der Waals surface area (Å²) in [4.78, 5) is 16.6. The molecule has 0 saturated carbocycles. The van der Waals surface area contributed by atoms with Gasteiger partial charge in [-0.05, 0) is 36.6 Å². The summed E-state index contributed by atoms with van der Waals surface area (Å²) in [5.74, 6) is -0.0137. The van der Waals surface area contributed by atoms with E-state index in [9.17, 15) is 4.79 Å². The molecule has 2 aromatic carbocycles. The molecule has 0 radical (unpaired) electrons. The highest BCUT2D eigenvalue weighted by Crippen LogP contribution is 2.15. The summed E-state index contributed by atoms with van der Waals surface area (Å²) in [5.41, 5.74) is 4.30. The average molecular weight is 307 g/mol. The molecule has 0 aliphatic heterocycles. The molecule has 118 valence electrons. The van der Waals surface area contributed by atoms with Gasteiger partial charge in [-0.15, -0.1) is 0 Å². The van der Waals surface area contributed by atoms with E-state index in [2.05, 4.69) is 41.5 Å². The molecular weight excluding hydrogens is 286 g/mol. The van der Waals surface area contributed by atoms with Crippen molar-refractivity contribution >= 4 is 16.9 Å². The molecule has 1 atom stereocenters. The van der Waals surface area contributed by atoms with Gasteiger partial charge in [0.05, 0.1) is 23.4 Å². The van der Waals surface area contributed by atoms with Crippen LogP contribution in [0.15, 0.2) is 54.9 Å². The van der Waals surface area contributed by atoms with Crippen LogP contribution in [-0.4, -0.2) is 15.5 Å². The van der Waals surface area contributed by atoms with Gasteiger partial charge >= 0.3 is 0 Å². The Morgan fingerprint density at radius 1 is 1.17 bits per heavy atom. The maximum atomic E-state index is 12.3. The normalized spacial score (nSPS) is 12.3. The zero-order chi connectivity index (χ0) is 16.2. The molecule has 1 heterocycles. The zero-order valence-electron chi connectivity index (χ0n) is 13.5. The Labute approximate surface area is 136 Å². The molecule has 3 rings (SSSR count). The van der Waals surface area contributed by atoms with E-state index in [-0.39, 0.29) is 18.5 Å². The SMILES string of the molecule is CCc1ccc([C@@H](C)NC(=O)Cn2cnc3ccccc32)cc1. The van der Waals surface area contributed by atoms with E-state index < -0.39 is 0 Å². The van der Waals surface area contributed by atoms with Crippen LogP contribution in [0.4, 0.5) is 0 Å². The topological polar surface area (TPSA) is 46.9 Å². The maximum absolute atomic E-state index is 12.3. The molecule has 1 N–H and O–H groups in total. The number of hydrogen-bond donors (Lipinski definition) is 1. The van der Waals surface area contributed by atoms with E-state index in [1.165, 1.54) is 5.56 Å². The van der Waals surface area contributed by atoms with Crippen molar-refractivity contribution in [2.45, 2.75) is 32.9 Å². The first kappa shape index (κ1) is 15.3. The smallest absolute Gasteiger partial charge is 0.240 e. The van der Waals surface area contributed by atoms with Crippen molar-refractivity contribution in [3.8, 4) is 0 Å². The monoisotopic (exact) mass is 307 g/mol. The van der Waals surface area contributed by atoms with Gasteiger partial charge in [-0.3, -0.25) is 4.79 Å². The van der Waals surface area contributed by atoms with Crippen molar-refractivity contribution in [3.05, 3.63) is 66.0 Å². The van der Waals surface area contributed by atoms with Crippen LogP contribution in [-0.2, 0) is 17.8 Å². The van der Waals surface area contributed by atoms with Gasteiger partial charge in [-0.1, -0.05) is 43.3 Å². The fraction of sp³-hybridized carbons (Fsp3) is 0.263. The number of aromatic nitrogens is 2. The molecule has 0 aliphatic carbocycles. The highest BCUT2D eigenvalue weighted by Gasteiger charge is 2.11. The minimum absolute atomic E-state index is 0.0109. The van der Waals surface area contributed by atoms with Gasteiger partial charge in [0, 0.05) is 0 Å². The largest absolute Gasteiger partial charge is 0.348 e. The van der Waals surface area contributed by atoms with Crippen LogP contribution in [0, 0.1) is 0 Å². The second-order valence-electron chi connectivity index (χ2n) is 5.75. The maximum Gasteiger partial charge on any atom is 0.240 e. The first-order valence-electron chi connectivity index (χ1n) is 7.95. The van der Waals surface area contributed by atoms with Crippen molar-refractivity contribution in [1.29, 1.82) is 0 Å². The molecule has 23 heavy (non-hydrogen) atoms. The standard InChI is InChI=1S/C19H21N3O/c1-3-15-8-10-16(11-9-15)14(2)21-19(23)12-22-13-20-17-6-4-5-7-18(17)22/h4-11,13-14H,3,12H2,1-2H3,(H,21,23)/t14-/m1/s1. The van der Waals surface area contributed by atoms with Crippen LogP contribution in [0.25, 0.3) is 11.0 Å². The van der Waals surface area contributed by atoms with E-state index in [0.717, 1.165) is 23.0 Å². The number of para-hydroxylation sites is 2. The highest BCUT2D eigenvalue weighted by atomic mass is 16.2. The van der Waals surface area contributed by atoms with Crippen molar-refractivity contribution < 1.29 is 4.79 Å². The molecule has 1 aromatic heterocycles. The molecule has 0 saturated heterocycles. The molecule has 0 bridgehead atoms. The lowest BCUT2D eigenvalue weighted by Gasteiger charge is -2.15. The quantitative estimate of drug-likeness (QED) is 0.784. The van der Waals surface area contributed by atoms with Crippen LogP contribution in [0.1, 0.15) is 31.0 Å². The number of carbonyl (C=O) groups excluding carboxylic acids is 1. The molecule has 0 spiro atoms. The van der Waals surface area contributed by atoms with Gasteiger partial charge in [-0.25, -0.2) is 4.98 Å². The van der Waals surface area contributed by atoms with Gasteiger partial charge in [0.25, 0.3) is 0 Å². The van der Waals surface area contributed by atoms with E-state index >= 15 is 0 Å². The molecule has 1 amide bonds. The summed E-state index contributed by atoms with van der Waals surface area (Å²) >= 11 is 0. The van der Waals surface area contributed by atoms with E-state index in [0.29, 0.717) is 0 Å². The predicted molar refractivity (Wildman–Crippen MR) is 92.1 cm³/mol. The molecule has 4 nitrogen and oxygen atoms in total. The molecule has 0 aliphatic rings. The third-order valence-electron chi connectivity index (χ3n) is 4.11. The first-order valence-corrected chi connectivity index (χ1v) is 7.95. The first-order chi connectivity index (χ1) is 11.2. The Kier molecular flexibility index (Phi) is 4.42. The highest BCUT2D eigenvalue weighted by molar-refractivity contribution is 5.80. The number of imidazole rings is 1. The van der Waals surface area contributed by atoms with Crippen LogP contribution in [0.5, 0.6) is 0 Å². The van der Waals surface area contributed by atoms with E-state index in [1.54, 1.807) is 6.33 Å². The Bertz CT molecular complexity index is 805. The van der Waals surface area contributed by atoms with Crippen molar-refractivity contribution in [3.63, 3.8) is 0 Å². The van der Waals surface area contributed by atoms with Crippen LogP contribution in [0.2, 0.25) is 0 Å². The third kappa shape index (κ3) is 3.42. The molecule has 4 heteroatoms. The van der Waals surface area contributed by atoms with E-state index in [4.69, 9.17) is 0 Å². The fourth-order valence-corrected chi connectivity index (χ4v) is 2.70. The van der Waals surface area contributed by atoms with Crippen LogP contribution >= 0.6 is 0 Å². The molecule has 0 unspecified atom stereocenters. The molecule has 3 aromatic rings. The number of amides is 1. The van der Waals surface area contributed by atoms with Gasteiger partial charge in [-0.2, -0.15) is 0 Å². The summed E-state index contributed by atoms with van der Waals surface area (Å²) in [5, 5.41) is 3.05. The van der Waals surface area contributed by atoms with Gasteiger partial charge in [0.2, 0.25) is 5.91 Å². The number of rotatable bonds is 5. The molecular formula is C19H21N3O. The lowest BCUT2D eigenvalue weighted by Crippen LogP contribution is -2.29. The Morgan fingerprint density at radius 2 is 1.91 bits per heavy atom. The zero-order valence-corrected chi connectivity index (χ0v) is 13.5.